The number of nitrogens with one attached hydrogen (secondary N) is 1. The van der Waals surface area contributed by atoms with E-state index in [4.69, 9.17) is 23.2 Å². The highest BCUT2D eigenvalue weighted by Crippen LogP contribution is 2.36. The van der Waals surface area contributed by atoms with Crippen molar-refractivity contribution in [3.05, 3.63) is 44.8 Å². The van der Waals surface area contributed by atoms with Crippen molar-refractivity contribution in [3.8, 4) is 0 Å². The Morgan fingerprint density at radius 2 is 2.00 bits per heavy atom. The highest BCUT2D eigenvalue weighted by atomic mass is 35.5. The Kier molecular flexibility index (Phi) is 5.66. The molecule has 1 aliphatic heterocycles. The first kappa shape index (κ1) is 18.6. The van der Waals surface area contributed by atoms with Crippen LogP contribution in [0.3, 0.4) is 0 Å². The molecule has 2 heterocycles. The Balaban J connectivity index is 1.76. The average Bonchev–Trinajstić information content (AvgIpc) is 2.61. The third-order valence-electron chi connectivity index (χ3n) is 5.01. The van der Waals surface area contributed by atoms with E-state index in [1.807, 2.05) is 12.1 Å². The molecule has 0 unspecified atom stereocenters. The molecule has 134 valence electrons. The molecule has 25 heavy (non-hydrogen) atoms. The van der Waals surface area contributed by atoms with Gasteiger partial charge in [0.2, 0.25) is 5.95 Å². The van der Waals surface area contributed by atoms with Crippen LogP contribution in [0.5, 0.6) is 0 Å². The lowest BCUT2D eigenvalue weighted by molar-refractivity contribution is 0.237. The molecule has 1 aromatic carbocycles. The van der Waals surface area contributed by atoms with Crippen molar-refractivity contribution in [2.24, 2.45) is 5.41 Å². The molecule has 3 rings (SSSR count). The van der Waals surface area contributed by atoms with Gasteiger partial charge in [-0.05, 0) is 30.4 Å². The fourth-order valence-electron chi connectivity index (χ4n) is 2.90. The van der Waals surface area contributed by atoms with Crippen molar-refractivity contribution in [3.63, 3.8) is 0 Å². The monoisotopic (exact) mass is 397 g/mol. The van der Waals surface area contributed by atoms with Crippen LogP contribution in [-0.2, 0) is 0 Å². The van der Waals surface area contributed by atoms with Gasteiger partial charge in [-0.1, -0.05) is 61.3 Å². The number of nitrogens with zero attached hydrogens (tertiary/aromatic N) is 2. The van der Waals surface area contributed by atoms with Crippen LogP contribution >= 0.6 is 35.0 Å². The Morgan fingerprint density at radius 1 is 1.28 bits per heavy atom. The highest BCUT2D eigenvalue weighted by molar-refractivity contribution is 7.99. The quantitative estimate of drug-likeness (QED) is 0.765. The fourth-order valence-corrected chi connectivity index (χ4v) is 4.20. The summed E-state index contributed by atoms with van der Waals surface area (Å²) in [4.78, 5) is 23.2. The number of hydrogen-bond donors (Lipinski definition) is 1. The number of rotatable bonds is 4. The van der Waals surface area contributed by atoms with Crippen molar-refractivity contribution >= 4 is 40.9 Å². The zero-order valence-electron chi connectivity index (χ0n) is 14.3. The van der Waals surface area contributed by atoms with Crippen molar-refractivity contribution < 1.29 is 0 Å². The van der Waals surface area contributed by atoms with Gasteiger partial charge in [0.05, 0.1) is 21.1 Å². The van der Waals surface area contributed by atoms with E-state index in [1.165, 1.54) is 18.2 Å². The molecule has 0 aliphatic carbocycles. The lowest BCUT2D eigenvalue weighted by Crippen LogP contribution is -2.40. The minimum Gasteiger partial charge on any atom is -0.342 e. The van der Waals surface area contributed by atoms with Crippen molar-refractivity contribution in [2.75, 3.05) is 18.0 Å². The van der Waals surface area contributed by atoms with Crippen LogP contribution in [-0.4, -0.2) is 23.1 Å². The molecule has 1 N–H and O–H groups in total. The van der Waals surface area contributed by atoms with Crippen LogP contribution in [0.2, 0.25) is 10.0 Å². The minimum atomic E-state index is -0.158. The largest absolute Gasteiger partial charge is 0.342 e. The summed E-state index contributed by atoms with van der Waals surface area (Å²) in [5.74, 6) is 0.643. The topological polar surface area (TPSA) is 49.0 Å². The number of halogens is 2. The van der Waals surface area contributed by atoms with Gasteiger partial charge in [-0.15, -0.1) is 0 Å². The zero-order valence-corrected chi connectivity index (χ0v) is 16.6. The van der Waals surface area contributed by atoms with Crippen LogP contribution in [0.25, 0.3) is 0 Å². The molecule has 7 heteroatoms. The number of hydrogen-bond acceptors (Lipinski definition) is 4. The van der Waals surface area contributed by atoms with Crippen LogP contribution in [0.1, 0.15) is 33.1 Å². The highest BCUT2D eigenvalue weighted by Gasteiger charge is 2.29. The summed E-state index contributed by atoms with van der Waals surface area (Å²) in [6, 6.07) is 5.37. The lowest BCUT2D eigenvalue weighted by Gasteiger charge is -2.39. The maximum absolute atomic E-state index is 12.4. The first-order valence-corrected chi connectivity index (χ1v) is 9.95. The average molecular weight is 398 g/mol. The second-order valence-electron chi connectivity index (χ2n) is 6.71. The smallest absolute Gasteiger partial charge is 0.266 e. The van der Waals surface area contributed by atoms with Crippen LogP contribution < -0.4 is 10.5 Å². The SMILES string of the molecule is CCC1(C)CCN(c2ncc(Sc3cccc(Cl)c3Cl)c(=O)[nH]2)CC1. The van der Waals surface area contributed by atoms with Gasteiger partial charge in [0.15, 0.2) is 0 Å². The van der Waals surface area contributed by atoms with E-state index in [0.29, 0.717) is 26.3 Å². The Morgan fingerprint density at radius 3 is 2.64 bits per heavy atom. The minimum absolute atomic E-state index is 0.158. The second kappa shape index (κ2) is 7.60. The molecule has 2 aromatic rings. The molecular formula is C18H21Cl2N3OS. The fraction of sp³-hybridized carbons (Fsp3) is 0.444. The molecule has 1 aliphatic rings. The summed E-state index contributed by atoms with van der Waals surface area (Å²) in [5, 5.41) is 0.924. The predicted octanol–water partition coefficient (Wildman–Crippen LogP) is 5.24. The summed E-state index contributed by atoms with van der Waals surface area (Å²) < 4.78 is 0. The number of piperidine rings is 1. The predicted molar refractivity (Wildman–Crippen MR) is 105 cm³/mol. The van der Waals surface area contributed by atoms with E-state index in [9.17, 15) is 4.79 Å². The summed E-state index contributed by atoms with van der Waals surface area (Å²) in [6.07, 6.45) is 5.02. The molecule has 1 fully saturated rings. The van der Waals surface area contributed by atoms with Crippen LogP contribution in [0, 0.1) is 5.41 Å². The Labute approximate surface area is 161 Å². The number of aromatic amines is 1. The molecule has 1 aromatic heterocycles. The van der Waals surface area contributed by atoms with Crippen LogP contribution in [0.15, 0.2) is 39.0 Å². The molecule has 1 saturated heterocycles. The molecule has 0 bridgehead atoms. The molecule has 0 saturated carbocycles. The van der Waals surface area contributed by atoms with Crippen molar-refractivity contribution in [2.45, 2.75) is 42.9 Å². The molecule has 0 radical (unpaired) electrons. The van der Waals surface area contributed by atoms with E-state index in [2.05, 4.69) is 28.7 Å². The Hall–Kier alpha value is -1.17. The summed E-state index contributed by atoms with van der Waals surface area (Å²) in [5.41, 5.74) is 0.241. The Bertz CT molecular complexity index is 816. The molecule has 0 spiro atoms. The number of aromatic nitrogens is 2. The maximum atomic E-state index is 12.4. The standard InChI is InChI=1S/C18H21Cl2N3OS/c1-3-18(2)7-9-23(10-8-18)17-21-11-14(16(24)22-17)25-13-6-4-5-12(19)15(13)20/h4-6,11H,3,7-10H2,1-2H3,(H,21,22,24). The van der Waals surface area contributed by atoms with E-state index < -0.39 is 0 Å². The van der Waals surface area contributed by atoms with Gasteiger partial charge in [-0.25, -0.2) is 4.98 Å². The normalized spacial score (nSPS) is 16.9. The van der Waals surface area contributed by atoms with E-state index >= 15 is 0 Å². The first-order chi connectivity index (χ1) is 11.9. The number of H-pyrrole nitrogens is 1. The maximum Gasteiger partial charge on any atom is 0.266 e. The molecule has 0 atom stereocenters. The van der Waals surface area contributed by atoms with Gasteiger partial charge < -0.3 is 4.90 Å². The summed E-state index contributed by atoms with van der Waals surface area (Å²) in [6.45, 7) is 6.40. The second-order valence-corrected chi connectivity index (χ2v) is 8.57. The molecule has 0 amide bonds. The van der Waals surface area contributed by atoms with Gasteiger partial charge in [0.25, 0.3) is 5.56 Å². The van der Waals surface area contributed by atoms with Crippen LogP contribution in [0.4, 0.5) is 5.95 Å². The van der Waals surface area contributed by atoms with Crippen molar-refractivity contribution in [1.82, 2.24) is 9.97 Å². The van der Waals surface area contributed by atoms with Gasteiger partial charge >= 0.3 is 0 Å². The third-order valence-corrected chi connectivity index (χ3v) is 7.01. The van der Waals surface area contributed by atoms with Gasteiger partial charge in [-0.3, -0.25) is 9.78 Å². The molecule has 4 nitrogen and oxygen atoms in total. The number of benzene rings is 1. The van der Waals surface area contributed by atoms with E-state index in [0.717, 1.165) is 30.8 Å². The summed E-state index contributed by atoms with van der Waals surface area (Å²) in [7, 11) is 0. The van der Waals surface area contributed by atoms with Crippen molar-refractivity contribution in [1.29, 1.82) is 0 Å². The van der Waals surface area contributed by atoms with Gasteiger partial charge in [0.1, 0.15) is 0 Å². The van der Waals surface area contributed by atoms with Gasteiger partial charge in [0, 0.05) is 18.0 Å². The third kappa shape index (κ3) is 4.15. The zero-order chi connectivity index (χ0) is 18.0. The lowest BCUT2D eigenvalue weighted by atomic mass is 9.78. The first-order valence-electron chi connectivity index (χ1n) is 8.38. The van der Waals surface area contributed by atoms with E-state index in [1.54, 1.807) is 12.3 Å². The summed E-state index contributed by atoms with van der Waals surface area (Å²) >= 11 is 13.5. The number of anilines is 1. The van der Waals surface area contributed by atoms with Gasteiger partial charge in [-0.2, -0.15) is 0 Å². The molecular weight excluding hydrogens is 377 g/mol. The van der Waals surface area contributed by atoms with E-state index in [-0.39, 0.29) is 5.56 Å².